The van der Waals surface area contributed by atoms with E-state index in [1.54, 1.807) is 12.1 Å². The fraction of sp³-hybridized carbons (Fsp3) is 0.176. The van der Waals surface area contributed by atoms with Crippen LogP contribution in [-0.4, -0.2) is 32.7 Å². The van der Waals surface area contributed by atoms with Gasteiger partial charge in [0.15, 0.2) is 24.0 Å². The van der Waals surface area contributed by atoms with E-state index in [0.29, 0.717) is 5.82 Å². The summed E-state index contributed by atoms with van der Waals surface area (Å²) in [5.41, 5.74) is 1.92. The third kappa shape index (κ3) is 4.17. The molecule has 7 nitrogen and oxygen atoms in total. The smallest absolute Gasteiger partial charge is 0.258 e. The van der Waals surface area contributed by atoms with E-state index in [0.717, 1.165) is 11.3 Å². The Balaban J connectivity index is 1.57. The van der Waals surface area contributed by atoms with Gasteiger partial charge in [-0.1, -0.05) is 29.8 Å². The number of carbonyl (C=O) groups is 1. The lowest BCUT2D eigenvalue weighted by atomic mass is 10.2. The molecule has 1 amide bonds. The topological polar surface area (TPSA) is 81.9 Å². The Kier molecular flexibility index (Phi) is 4.98. The molecule has 3 aromatic rings. The zero-order valence-electron chi connectivity index (χ0n) is 13.5. The summed E-state index contributed by atoms with van der Waals surface area (Å²) in [6.07, 6.45) is 0. The summed E-state index contributed by atoms with van der Waals surface area (Å²) < 4.78 is 20.1. The first-order valence-corrected chi connectivity index (χ1v) is 7.62. The monoisotopic (exact) mass is 341 g/mol. The van der Waals surface area contributed by atoms with Gasteiger partial charge in [0.25, 0.3) is 5.91 Å². The Hall–Kier alpha value is -3.29. The van der Waals surface area contributed by atoms with Gasteiger partial charge in [-0.25, -0.2) is 4.39 Å². The number of tetrazole rings is 1. The molecule has 0 saturated carbocycles. The van der Waals surface area contributed by atoms with E-state index in [2.05, 4.69) is 20.8 Å². The Morgan fingerprint density at radius 2 is 1.96 bits per heavy atom. The zero-order valence-corrected chi connectivity index (χ0v) is 13.5. The highest BCUT2D eigenvalue weighted by Crippen LogP contribution is 2.15. The van der Waals surface area contributed by atoms with Crippen molar-refractivity contribution in [2.45, 2.75) is 13.5 Å². The molecule has 0 aliphatic carbocycles. The van der Waals surface area contributed by atoms with E-state index in [9.17, 15) is 9.18 Å². The molecule has 0 spiro atoms. The highest BCUT2D eigenvalue weighted by Gasteiger charge is 2.11. The molecule has 0 aliphatic rings. The van der Waals surface area contributed by atoms with Crippen LogP contribution in [0.15, 0.2) is 48.5 Å². The Bertz CT molecular complexity index is 863. The molecule has 3 rings (SSSR count). The number of rotatable bonds is 6. The minimum atomic E-state index is -0.515. The van der Waals surface area contributed by atoms with Crippen molar-refractivity contribution in [3.8, 4) is 11.4 Å². The van der Waals surface area contributed by atoms with Crippen LogP contribution in [0.3, 0.4) is 0 Å². The van der Waals surface area contributed by atoms with Crippen LogP contribution in [-0.2, 0) is 11.3 Å². The second-order valence-electron chi connectivity index (χ2n) is 5.34. The summed E-state index contributed by atoms with van der Waals surface area (Å²) in [4.78, 5) is 11.9. The molecule has 8 heteroatoms. The maximum Gasteiger partial charge on any atom is 0.258 e. The summed E-state index contributed by atoms with van der Waals surface area (Å²) in [6, 6.07) is 13.6. The van der Waals surface area contributed by atoms with Crippen molar-refractivity contribution < 1.29 is 13.9 Å². The predicted molar refractivity (Wildman–Crippen MR) is 87.6 cm³/mol. The Morgan fingerprint density at radius 3 is 2.72 bits per heavy atom. The number of halogens is 1. The summed E-state index contributed by atoms with van der Waals surface area (Å²) >= 11 is 0. The number of ether oxygens (including phenoxy) is 1. The zero-order chi connectivity index (χ0) is 17.6. The molecule has 2 aromatic carbocycles. The molecule has 0 radical (unpaired) electrons. The fourth-order valence-corrected chi connectivity index (χ4v) is 2.14. The molecule has 0 unspecified atom stereocenters. The van der Waals surface area contributed by atoms with Crippen LogP contribution in [0.4, 0.5) is 4.39 Å². The molecule has 128 valence electrons. The molecule has 25 heavy (non-hydrogen) atoms. The second-order valence-corrected chi connectivity index (χ2v) is 5.34. The van der Waals surface area contributed by atoms with Crippen molar-refractivity contribution in [2.75, 3.05) is 6.61 Å². The molecule has 0 atom stereocenters. The molecular weight excluding hydrogens is 325 g/mol. The number of amides is 1. The van der Waals surface area contributed by atoms with Gasteiger partial charge < -0.3 is 10.1 Å². The quantitative estimate of drug-likeness (QED) is 0.739. The van der Waals surface area contributed by atoms with Gasteiger partial charge in [0.05, 0.1) is 12.2 Å². The Labute approximate surface area is 143 Å². The van der Waals surface area contributed by atoms with Gasteiger partial charge in [0.1, 0.15) is 0 Å². The average molecular weight is 341 g/mol. The summed E-state index contributed by atoms with van der Waals surface area (Å²) in [7, 11) is 0. The minimum Gasteiger partial charge on any atom is -0.481 e. The van der Waals surface area contributed by atoms with Crippen molar-refractivity contribution in [3.63, 3.8) is 0 Å². The molecule has 0 bridgehead atoms. The van der Waals surface area contributed by atoms with E-state index in [4.69, 9.17) is 4.74 Å². The number of nitrogens with zero attached hydrogens (tertiary/aromatic N) is 4. The van der Waals surface area contributed by atoms with Crippen LogP contribution < -0.4 is 10.1 Å². The molecule has 0 saturated heterocycles. The van der Waals surface area contributed by atoms with Crippen molar-refractivity contribution in [1.29, 1.82) is 0 Å². The van der Waals surface area contributed by atoms with Crippen molar-refractivity contribution in [1.82, 2.24) is 25.5 Å². The van der Waals surface area contributed by atoms with Crippen LogP contribution in [0.2, 0.25) is 0 Å². The highest BCUT2D eigenvalue weighted by molar-refractivity contribution is 5.77. The number of benzene rings is 2. The average Bonchev–Trinajstić information content (AvgIpc) is 3.08. The SMILES string of the molecule is Cc1ccc(-n2nnnc2CNC(=O)COc2ccccc2F)cc1. The molecule has 1 aromatic heterocycles. The Morgan fingerprint density at radius 1 is 1.20 bits per heavy atom. The van der Waals surface area contributed by atoms with Crippen molar-refractivity contribution in [2.24, 2.45) is 0 Å². The van der Waals surface area contributed by atoms with E-state index >= 15 is 0 Å². The highest BCUT2D eigenvalue weighted by atomic mass is 19.1. The van der Waals surface area contributed by atoms with Gasteiger partial charge in [0.2, 0.25) is 0 Å². The lowest BCUT2D eigenvalue weighted by Gasteiger charge is -2.08. The maximum absolute atomic E-state index is 13.4. The lowest BCUT2D eigenvalue weighted by Crippen LogP contribution is -2.29. The van der Waals surface area contributed by atoms with Crippen LogP contribution in [0.5, 0.6) is 5.75 Å². The van der Waals surface area contributed by atoms with Gasteiger partial charge in [0, 0.05) is 0 Å². The summed E-state index contributed by atoms with van der Waals surface area (Å²) in [6.45, 7) is 1.81. The van der Waals surface area contributed by atoms with E-state index in [-0.39, 0.29) is 18.9 Å². The summed E-state index contributed by atoms with van der Waals surface area (Å²) in [5, 5.41) is 14.1. The molecule has 1 heterocycles. The predicted octanol–water partition coefficient (Wildman–Crippen LogP) is 1.81. The number of hydrogen-bond donors (Lipinski definition) is 1. The molecule has 0 aliphatic heterocycles. The first kappa shape index (κ1) is 16.6. The molecule has 1 N–H and O–H groups in total. The largest absolute Gasteiger partial charge is 0.481 e. The first-order chi connectivity index (χ1) is 12.1. The third-order valence-corrected chi connectivity index (χ3v) is 3.45. The van der Waals surface area contributed by atoms with E-state index < -0.39 is 11.7 Å². The van der Waals surface area contributed by atoms with Crippen molar-refractivity contribution in [3.05, 3.63) is 65.7 Å². The van der Waals surface area contributed by atoms with E-state index in [1.165, 1.54) is 16.8 Å². The lowest BCUT2D eigenvalue weighted by molar-refractivity contribution is -0.123. The van der Waals surface area contributed by atoms with Gasteiger partial charge in [-0.3, -0.25) is 4.79 Å². The standard InChI is InChI=1S/C17H16FN5O2/c1-12-6-8-13(9-7-12)23-16(20-21-22-23)10-19-17(24)11-25-15-5-3-2-4-14(15)18/h2-9H,10-11H2,1H3,(H,19,24). The number of para-hydroxylation sites is 1. The summed E-state index contributed by atoms with van der Waals surface area (Å²) in [5.74, 6) is -0.412. The van der Waals surface area contributed by atoms with Gasteiger partial charge in [-0.05, 0) is 41.6 Å². The second kappa shape index (κ2) is 7.52. The van der Waals surface area contributed by atoms with Crippen LogP contribution in [0.1, 0.15) is 11.4 Å². The number of aromatic nitrogens is 4. The molecule has 0 fully saturated rings. The number of carbonyl (C=O) groups excluding carboxylic acids is 1. The number of aryl methyl sites for hydroxylation is 1. The third-order valence-electron chi connectivity index (χ3n) is 3.45. The van der Waals surface area contributed by atoms with E-state index in [1.807, 2.05) is 31.2 Å². The van der Waals surface area contributed by atoms with Gasteiger partial charge in [-0.15, -0.1) is 5.10 Å². The maximum atomic E-state index is 13.4. The van der Waals surface area contributed by atoms with Gasteiger partial charge >= 0.3 is 0 Å². The minimum absolute atomic E-state index is 0.0298. The number of nitrogens with one attached hydrogen (secondary N) is 1. The fourth-order valence-electron chi connectivity index (χ4n) is 2.14. The first-order valence-electron chi connectivity index (χ1n) is 7.62. The molecular formula is C17H16FN5O2. The van der Waals surface area contributed by atoms with Gasteiger partial charge in [-0.2, -0.15) is 4.68 Å². The van der Waals surface area contributed by atoms with Crippen molar-refractivity contribution >= 4 is 5.91 Å². The van der Waals surface area contributed by atoms with Crippen LogP contribution in [0, 0.1) is 12.7 Å². The normalized spacial score (nSPS) is 10.5. The van der Waals surface area contributed by atoms with Crippen LogP contribution in [0.25, 0.3) is 5.69 Å². The van der Waals surface area contributed by atoms with Crippen LogP contribution >= 0.6 is 0 Å². The number of hydrogen-bond acceptors (Lipinski definition) is 5.